The van der Waals surface area contributed by atoms with Gasteiger partial charge in [0, 0.05) is 17.1 Å². The summed E-state index contributed by atoms with van der Waals surface area (Å²) in [7, 11) is 0. The van der Waals surface area contributed by atoms with Gasteiger partial charge in [-0.2, -0.15) is 0 Å². The van der Waals surface area contributed by atoms with Gasteiger partial charge in [0.1, 0.15) is 12.0 Å². The first-order valence-corrected chi connectivity index (χ1v) is 6.45. The van der Waals surface area contributed by atoms with Crippen LogP contribution in [0.4, 0.5) is 11.5 Å². The molecule has 0 radical (unpaired) electrons. The number of rotatable bonds is 4. The number of nitrogens with zero attached hydrogens (tertiary/aromatic N) is 2. The van der Waals surface area contributed by atoms with Crippen molar-refractivity contribution < 1.29 is 4.92 Å². The molecular formula is C13H12BrN3O2. The van der Waals surface area contributed by atoms with E-state index in [9.17, 15) is 10.1 Å². The number of nitro groups is 1. The molecule has 1 heterocycles. The first-order chi connectivity index (χ1) is 9.06. The Kier molecular flexibility index (Phi) is 4.11. The van der Waals surface area contributed by atoms with Gasteiger partial charge in [0.05, 0.1) is 4.92 Å². The number of halogens is 1. The van der Waals surface area contributed by atoms with Crippen LogP contribution < -0.4 is 5.32 Å². The Bertz CT molecular complexity index is 617. The predicted octanol–water partition coefficient (Wildman–Crippen LogP) is 3.67. The van der Waals surface area contributed by atoms with E-state index in [0.717, 1.165) is 15.6 Å². The Morgan fingerprint density at radius 3 is 2.84 bits per heavy atom. The Hall–Kier alpha value is -1.95. The summed E-state index contributed by atoms with van der Waals surface area (Å²) in [4.78, 5) is 14.2. The van der Waals surface area contributed by atoms with Crippen LogP contribution in [0.2, 0.25) is 0 Å². The Labute approximate surface area is 119 Å². The molecule has 0 aliphatic carbocycles. The normalized spacial score (nSPS) is 10.2. The molecule has 0 aliphatic rings. The molecule has 0 aliphatic heterocycles. The summed E-state index contributed by atoms with van der Waals surface area (Å²) < 4.78 is 1.01. The number of pyridine rings is 1. The second-order valence-corrected chi connectivity index (χ2v) is 5.02. The van der Waals surface area contributed by atoms with E-state index in [-0.39, 0.29) is 5.69 Å². The molecule has 1 aromatic carbocycles. The average Bonchev–Trinajstić information content (AvgIpc) is 2.37. The van der Waals surface area contributed by atoms with Gasteiger partial charge in [0.25, 0.3) is 5.69 Å². The van der Waals surface area contributed by atoms with Crippen molar-refractivity contribution in [3.05, 3.63) is 62.2 Å². The van der Waals surface area contributed by atoms with Gasteiger partial charge in [0.15, 0.2) is 0 Å². The molecular weight excluding hydrogens is 310 g/mol. The third kappa shape index (κ3) is 3.51. The maximum atomic E-state index is 10.6. The highest BCUT2D eigenvalue weighted by molar-refractivity contribution is 9.10. The second-order valence-electron chi connectivity index (χ2n) is 4.10. The summed E-state index contributed by atoms with van der Waals surface area (Å²) in [6, 6.07) is 9.43. The predicted molar refractivity (Wildman–Crippen MR) is 77.1 cm³/mol. The van der Waals surface area contributed by atoms with E-state index in [1.54, 1.807) is 6.92 Å². The molecule has 0 saturated carbocycles. The van der Waals surface area contributed by atoms with Crippen LogP contribution in [-0.2, 0) is 6.54 Å². The van der Waals surface area contributed by atoms with E-state index in [0.29, 0.717) is 12.4 Å². The maximum Gasteiger partial charge on any atom is 0.287 e. The minimum absolute atomic E-state index is 0.00510. The molecule has 1 aromatic heterocycles. The third-order valence-corrected chi connectivity index (χ3v) is 3.12. The summed E-state index contributed by atoms with van der Waals surface area (Å²) in [5, 5.41) is 13.8. The Morgan fingerprint density at radius 2 is 2.21 bits per heavy atom. The zero-order valence-corrected chi connectivity index (χ0v) is 11.8. The van der Waals surface area contributed by atoms with Crippen molar-refractivity contribution in [1.82, 2.24) is 4.98 Å². The summed E-state index contributed by atoms with van der Waals surface area (Å²) in [5.74, 6) is 0.658. The largest absolute Gasteiger partial charge is 0.366 e. The van der Waals surface area contributed by atoms with E-state index >= 15 is 0 Å². The van der Waals surface area contributed by atoms with E-state index in [2.05, 4.69) is 26.2 Å². The van der Waals surface area contributed by atoms with Gasteiger partial charge in [-0.05, 0) is 30.2 Å². The van der Waals surface area contributed by atoms with E-state index in [4.69, 9.17) is 0 Å². The number of nitrogens with one attached hydrogen (secondary N) is 1. The van der Waals surface area contributed by atoms with E-state index in [1.807, 2.05) is 24.3 Å². The molecule has 0 amide bonds. The van der Waals surface area contributed by atoms with Gasteiger partial charge in [-0.15, -0.1) is 0 Å². The Morgan fingerprint density at radius 1 is 1.42 bits per heavy atom. The molecule has 0 unspecified atom stereocenters. The van der Waals surface area contributed by atoms with Gasteiger partial charge in [-0.25, -0.2) is 4.98 Å². The molecule has 6 heteroatoms. The lowest BCUT2D eigenvalue weighted by Crippen LogP contribution is -2.03. The van der Waals surface area contributed by atoms with Crippen LogP contribution in [0.25, 0.3) is 0 Å². The second kappa shape index (κ2) is 5.79. The van der Waals surface area contributed by atoms with Gasteiger partial charge < -0.3 is 5.32 Å². The lowest BCUT2D eigenvalue weighted by molar-refractivity contribution is -0.385. The maximum absolute atomic E-state index is 10.6. The van der Waals surface area contributed by atoms with Crippen LogP contribution in [0.3, 0.4) is 0 Å². The molecule has 5 nitrogen and oxygen atoms in total. The minimum Gasteiger partial charge on any atom is -0.366 e. The standard InChI is InChI=1S/C13H12BrN3O2/c1-9-5-12(17(18)19)8-16-13(9)15-7-10-3-2-4-11(14)6-10/h2-6,8H,7H2,1H3,(H,15,16). The van der Waals surface area contributed by atoms with Crippen LogP contribution in [0.1, 0.15) is 11.1 Å². The van der Waals surface area contributed by atoms with Crippen LogP contribution in [-0.4, -0.2) is 9.91 Å². The molecule has 1 N–H and O–H groups in total. The third-order valence-electron chi connectivity index (χ3n) is 2.62. The topological polar surface area (TPSA) is 68.1 Å². The molecule has 98 valence electrons. The quantitative estimate of drug-likeness (QED) is 0.689. The highest BCUT2D eigenvalue weighted by Crippen LogP contribution is 2.19. The summed E-state index contributed by atoms with van der Waals surface area (Å²) in [6.07, 6.45) is 1.26. The molecule has 2 rings (SSSR count). The van der Waals surface area contributed by atoms with Gasteiger partial charge in [-0.1, -0.05) is 28.1 Å². The first kappa shape index (κ1) is 13.5. The Balaban J connectivity index is 2.10. The number of hydrogen-bond donors (Lipinski definition) is 1. The lowest BCUT2D eigenvalue weighted by atomic mass is 10.2. The fraction of sp³-hybridized carbons (Fsp3) is 0.154. The molecule has 0 atom stereocenters. The van der Waals surface area contributed by atoms with Crippen molar-refractivity contribution >= 4 is 27.4 Å². The molecule has 19 heavy (non-hydrogen) atoms. The SMILES string of the molecule is Cc1cc([N+](=O)[O-])cnc1NCc1cccc(Br)c1. The number of hydrogen-bond acceptors (Lipinski definition) is 4. The van der Waals surface area contributed by atoms with Crippen LogP contribution in [0, 0.1) is 17.0 Å². The molecule has 0 fully saturated rings. The van der Waals surface area contributed by atoms with Gasteiger partial charge >= 0.3 is 0 Å². The number of anilines is 1. The van der Waals surface area contributed by atoms with Crippen molar-refractivity contribution in [3.8, 4) is 0 Å². The van der Waals surface area contributed by atoms with Crippen molar-refractivity contribution in [1.29, 1.82) is 0 Å². The molecule has 0 spiro atoms. The average molecular weight is 322 g/mol. The highest BCUT2D eigenvalue weighted by Gasteiger charge is 2.09. The van der Waals surface area contributed by atoms with Gasteiger partial charge in [0.2, 0.25) is 0 Å². The summed E-state index contributed by atoms with van der Waals surface area (Å²) in [5.41, 5.74) is 1.86. The zero-order chi connectivity index (χ0) is 13.8. The molecule has 2 aromatic rings. The van der Waals surface area contributed by atoms with Crippen molar-refractivity contribution in [3.63, 3.8) is 0 Å². The summed E-state index contributed by atoms with van der Waals surface area (Å²) >= 11 is 3.41. The van der Waals surface area contributed by atoms with Crippen molar-refractivity contribution in [2.24, 2.45) is 0 Å². The number of aromatic nitrogens is 1. The minimum atomic E-state index is -0.446. The fourth-order valence-electron chi connectivity index (χ4n) is 1.68. The van der Waals surface area contributed by atoms with E-state index < -0.39 is 4.92 Å². The van der Waals surface area contributed by atoms with E-state index in [1.165, 1.54) is 12.3 Å². The van der Waals surface area contributed by atoms with Crippen LogP contribution in [0.15, 0.2) is 41.0 Å². The number of aryl methyl sites for hydroxylation is 1. The van der Waals surface area contributed by atoms with Crippen LogP contribution in [0.5, 0.6) is 0 Å². The smallest absolute Gasteiger partial charge is 0.287 e. The molecule has 0 bridgehead atoms. The van der Waals surface area contributed by atoms with Crippen LogP contribution >= 0.6 is 15.9 Å². The first-order valence-electron chi connectivity index (χ1n) is 5.65. The van der Waals surface area contributed by atoms with Crippen molar-refractivity contribution in [2.75, 3.05) is 5.32 Å². The zero-order valence-electron chi connectivity index (χ0n) is 10.3. The lowest BCUT2D eigenvalue weighted by Gasteiger charge is -2.08. The summed E-state index contributed by atoms with van der Waals surface area (Å²) in [6.45, 7) is 2.41. The fourth-order valence-corrected chi connectivity index (χ4v) is 2.12. The van der Waals surface area contributed by atoms with Gasteiger partial charge in [-0.3, -0.25) is 10.1 Å². The monoisotopic (exact) mass is 321 g/mol. The number of benzene rings is 1. The highest BCUT2D eigenvalue weighted by atomic mass is 79.9. The van der Waals surface area contributed by atoms with Crippen molar-refractivity contribution in [2.45, 2.75) is 13.5 Å². The molecule has 0 saturated heterocycles.